The molecule has 168 valence electrons. The molecule has 4 rings (SSSR count). The normalized spacial score (nSPS) is 16.8. The van der Waals surface area contributed by atoms with Gasteiger partial charge in [0, 0.05) is 18.5 Å². The SMILES string of the molecule is COc1cc2c(cc1OC)C(c1cccs1)N(CC(=O)N(C)C(C)c1ccccc1)CC2. The van der Waals surface area contributed by atoms with Gasteiger partial charge < -0.3 is 14.4 Å². The van der Waals surface area contributed by atoms with Gasteiger partial charge in [0.2, 0.25) is 5.91 Å². The molecule has 2 heterocycles. The molecule has 0 saturated carbocycles. The Kier molecular flexibility index (Phi) is 6.82. The quantitative estimate of drug-likeness (QED) is 0.512. The van der Waals surface area contributed by atoms with Crippen LogP contribution >= 0.6 is 11.3 Å². The van der Waals surface area contributed by atoms with Crippen LogP contribution in [-0.4, -0.2) is 50.1 Å². The number of thiophene rings is 1. The number of methoxy groups -OCH3 is 2. The maximum Gasteiger partial charge on any atom is 0.237 e. The molecule has 1 aliphatic heterocycles. The minimum atomic E-state index is 0.0166. The highest BCUT2D eigenvalue weighted by atomic mass is 32.1. The molecule has 1 aromatic heterocycles. The predicted molar refractivity (Wildman–Crippen MR) is 129 cm³/mol. The van der Waals surface area contributed by atoms with E-state index in [1.807, 2.05) is 30.1 Å². The second-order valence-electron chi connectivity index (χ2n) is 8.14. The third-order valence-corrected chi connectivity index (χ3v) is 7.31. The van der Waals surface area contributed by atoms with Crippen LogP contribution in [0.25, 0.3) is 0 Å². The van der Waals surface area contributed by atoms with Crippen molar-refractivity contribution in [3.8, 4) is 11.5 Å². The molecule has 0 fully saturated rings. The van der Waals surface area contributed by atoms with Crippen LogP contribution in [0.5, 0.6) is 11.5 Å². The first-order valence-corrected chi connectivity index (χ1v) is 11.7. The number of nitrogens with zero attached hydrogens (tertiary/aromatic N) is 2. The summed E-state index contributed by atoms with van der Waals surface area (Å²) in [5, 5.41) is 2.09. The summed E-state index contributed by atoms with van der Waals surface area (Å²) in [6, 6.07) is 18.6. The molecule has 0 radical (unpaired) electrons. The Bertz CT molecular complexity index is 1050. The molecule has 2 atom stereocenters. The highest BCUT2D eigenvalue weighted by molar-refractivity contribution is 7.10. The summed E-state index contributed by atoms with van der Waals surface area (Å²) in [5.41, 5.74) is 3.57. The van der Waals surface area contributed by atoms with E-state index in [1.165, 1.54) is 16.0 Å². The first-order valence-electron chi connectivity index (χ1n) is 10.9. The van der Waals surface area contributed by atoms with Crippen LogP contribution in [0.4, 0.5) is 0 Å². The Morgan fingerprint density at radius 1 is 1.12 bits per heavy atom. The number of carbonyl (C=O) groups is 1. The lowest BCUT2D eigenvalue weighted by Gasteiger charge is -2.38. The number of hydrogen-bond donors (Lipinski definition) is 0. The lowest BCUT2D eigenvalue weighted by molar-refractivity contribution is -0.133. The molecule has 6 heteroatoms. The Labute approximate surface area is 194 Å². The molecule has 32 heavy (non-hydrogen) atoms. The zero-order valence-corrected chi connectivity index (χ0v) is 19.9. The van der Waals surface area contributed by atoms with Gasteiger partial charge >= 0.3 is 0 Å². The maximum atomic E-state index is 13.3. The molecule has 5 nitrogen and oxygen atoms in total. The lowest BCUT2D eigenvalue weighted by Crippen LogP contribution is -2.44. The van der Waals surface area contributed by atoms with Crippen molar-refractivity contribution in [1.29, 1.82) is 0 Å². The molecule has 2 aromatic carbocycles. The molecule has 1 aliphatic rings. The fourth-order valence-electron chi connectivity index (χ4n) is 4.40. The summed E-state index contributed by atoms with van der Waals surface area (Å²) in [6.07, 6.45) is 0.864. The molecule has 0 bridgehead atoms. The average molecular weight is 451 g/mol. The topological polar surface area (TPSA) is 42.0 Å². The van der Waals surface area contributed by atoms with Crippen molar-refractivity contribution in [2.45, 2.75) is 25.4 Å². The molecule has 0 saturated heterocycles. The maximum absolute atomic E-state index is 13.3. The smallest absolute Gasteiger partial charge is 0.237 e. The van der Waals surface area contributed by atoms with Gasteiger partial charge in [0.05, 0.1) is 32.8 Å². The van der Waals surface area contributed by atoms with Crippen molar-refractivity contribution in [1.82, 2.24) is 9.80 Å². The van der Waals surface area contributed by atoms with Gasteiger partial charge in [-0.05, 0) is 53.6 Å². The van der Waals surface area contributed by atoms with Crippen molar-refractivity contribution >= 4 is 17.2 Å². The standard InChI is InChI=1S/C26H30N2O3S/c1-18(19-9-6-5-7-10-19)27(2)25(29)17-28-13-12-20-15-22(30-3)23(31-4)16-21(20)26(28)24-11-8-14-32-24/h5-11,14-16,18,26H,12-13,17H2,1-4H3. The molecule has 0 spiro atoms. The Balaban J connectivity index is 1.62. The summed E-state index contributed by atoms with van der Waals surface area (Å²) in [6.45, 7) is 3.25. The second-order valence-corrected chi connectivity index (χ2v) is 9.12. The summed E-state index contributed by atoms with van der Waals surface area (Å²) in [5.74, 6) is 1.58. The van der Waals surface area contributed by atoms with Crippen molar-refractivity contribution in [2.24, 2.45) is 0 Å². The van der Waals surface area contributed by atoms with E-state index in [2.05, 4.69) is 53.6 Å². The largest absolute Gasteiger partial charge is 0.493 e. The van der Waals surface area contributed by atoms with Gasteiger partial charge in [-0.3, -0.25) is 9.69 Å². The van der Waals surface area contributed by atoms with Crippen LogP contribution in [-0.2, 0) is 11.2 Å². The van der Waals surface area contributed by atoms with Gasteiger partial charge in [-0.25, -0.2) is 0 Å². The van der Waals surface area contributed by atoms with Gasteiger partial charge in [0.15, 0.2) is 11.5 Å². The van der Waals surface area contributed by atoms with Crippen molar-refractivity contribution in [3.05, 3.63) is 81.5 Å². The van der Waals surface area contributed by atoms with Crippen molar-refractivity contribution in [2.75, 3.05) is 34.4 Å². The minimum Gasteiger partial charge on any atom is -0.493 e. The number of rotatable bonds is 7. The number of benzene rings is 2. The summed E-state index contributed by atoms with van der Waals surface area (Å²) >= 11 is 1.72. The summed E-state index contributed by atoms with van der Waals surface area (Å²) in [4.78, 5) is 18.7. The third kappa shape index (κ3) is 4.38. The van der Waals surface area contributed by atoms with Crippen LogP contribution < -0.4 is 9.47 Å². The second kappa shape index (κ2) is 9.76. The van der Waals surface area contributed by atoms with Crippen LogP contribution in [0.2, 0.25) is 0 Å². The van der Waals surface area contributed by atoms with Gasteiger partial charge in [-0.15, -0.1) is 11.3 Å². The Morgan fingerprint density at radius 3 is 2.50 bits per heavy atom. The number of likely N-dealkylation sites (N-methyl/N-ethyl adjacent to an activating group) is 1. The molecule has 3 aromatic rings. The van der Waals surface area contributed by atoms with E-state index in [9.17, 15) is 4.79 Å². The third-order valence-electron chi connectivity index (χ3n) is 6.38. The Hall–Kier alpha value is -2.83. The monoisotopic (exact) mass is 450 g/mol. The van der Waals surface area contributed by atoms with Gasteiger partial charge in [0.1, 0.15) is 0 Å². The van der Waals surface area contributed by atoms with Gasteiger partial charge in [-0.2, -0.15) is 0 Å². The van der Waals surface area contributed by atoms with E-state index < -0.39 is 0 Å². The number of hydrogen-bond acceptors (Lipinski definition) is 5. The summed E-state index contributed by atoms with van der Waals surface area (Å²) < 4.78 is 11.1. The molecule has 2 unspecified atom stereocenters. The van der Waals surface area contributed by atoms with E-state index in [0.717, 1.165) is 30.0 Å². The molecule has 0 aliphatic carbocycles. The highest BCUT2D eigenvalue weighted by Gasteiger charge is 2.33. The fraction of sp³-hybridized carbons (Fsp3) is 0.346. The van der Waals surface area contributed by atoms with Crippen molar-refractivity contribution in [3.63, 3.8) is 0 Å². The number of ether oxygens (including phenoxy) is 2. The minimum absolute atomic E-state index is 0.0166. The van der Waals surface area contributed by atoms with Crippen LogP contribution in [0.1, 0.15) is 40.6 Å². The van der Waals surface area contributed by atoms with E-state index in [-0.39, 0.29) is 18.0 Å². The molecule has 1 amide bonds. The van der Waals surface area contributed by atoms with Gasteiger partial charge in [-0.1, -0.05) is 36.4 Å². The fourth-order valence-corrected chi connectivity index (χ4v) is 5.28. The van der Waals surface area contributed by atoms with E-state index in [1.54, 1.807) is 25.6 Å². The first kappa shape index (κ1) is 22.4. The Morgan fingerprint density at radius 2 is 1.84 bits per heavy atom. The molecular formula is C26H30N2O3S. The number of amides is 1. The van der Waals surface area contributed by atoms with Gasteiger partial charge in [0.25, 0.3) is 0 Å². The van der Waals surface area contributed by atoms with Crippen LogP contribution in [0.15, 0.2) is 60.0 Å². The number of carbonyl (C=O) groups excluding carboxylic acids is 1. The number of fused-ring (bicyclic) bond motifs is 1. The molecular weight excluding hydrogens is 420 g/mol. The van der Waals surface area contributed by atoms with Crippen LogP contribution in [0, 0.1) is 0 Å². The molecule has 0 N–H and O–H groups in total. The zero-order chi connectivity index (χ0) is 22.7. The highest BCUT2D eigenvalue weighted by Crippen LogP contribution is 2.42. The lowest BCUT2D eigenvalue weighted by atomic mass is 9.90. The van der Waals surface area contributed by atoms with Crippen molar-refractivity contribution < 1.29 is 14.3 Å². The zero-order valence-electron chi connectivity index (χ0n) is 19.1. The first-order chi connectivity index (χ1) is 15.5. The summed E-state index contributed by atoms with van der Waals surface area (Å²) in [7, 11) is 5.22. The average Bonchev–Trinajstić information content (AvgIpc) is 3.37. The van der Waals surface area contributed by atoms with Crippen LogP contribution in [0.3, 0.4) is 0 Å². The predicted octanol–water partition coefficient (Wildman–Crippen LogP) is 4.93. The van der Waals surface area contributed by atoms with E-state index >= 15 is 0 Å². The van der Waals surface area contributed by atoms with E-state index in [0.29, 0.717) is 6.54 Å². The van der Waals surface area contributed by atoms with E-state index in [4.69, 9.17) is 9.47 Å².